The fourth-order valence-electron chi connectivity index (χ4n) is 3.10. The Labute approximate surface area is 151 Å². The monoisotopic (exact) mass is 369 g/mol. The molecular formula is C16H24ClN5O3. The number of ether oxygens (including phenoxy) is 1. The normalized spacial score (nSPS) is 15.1. The van der Waals surface area contributed by atoms with Gasteiger partial charge >= 0.3 is 0 Å². The van der Waals surface area contributed by atoms with Crippen molar-refractivity contribution >= 4 is 24.0 Å². The van der Waals surface area contributed by atoms with Gasteiger partial charge < -0.3 is 20.4 Å². The number of rotatable bonds is 6. The highest BCUT2D eigenvalue weighted by Gasteiger charge is 2.22. The molecule has 0 unspecified atom stereocenters. The van der Waals surface area contributed by atoms with Crippen LogP contribution in [0.1, 0.15) is 41.2 Å². The summed E-state index contributed by atoms with van der Waals surface area (Å²) in [6, 6.07) is 1.59. The van der Waals surface area contributed by atoms with Gasteiger partial charge in [-0.2, -0.15) is 5.10 Å². The van der Waals surface area contributed by atoms with Gasteiger partial charge in [0.15, 0.2) is 0 Å². The van der Waals surface area contributed by atoms with Gasteiger partial charge in [-0.15, -0.1) is 12.4 Å². The van der Waals surface area contributed by atoms with Crippen LogP contribution in [0.5, 0.6) is 0 Å². The van der Waals surface area contributed by atoms with Crippen LogP contribution >= 0.6 is 12.4 Å². The summed E-state index contributed by atoms with van der Waals surface area (Å²) in [4.78, 5) is 27.1. The largest absolute Gasteiger partial charge is 0.385 e. The first-order valence-electron chi connectivity index (χ1n) is 8.29. The molecule has 1 amide bonds. The lowest BCUT2D eigenvalue weighted by Crippen LogP contribution is -2.29. The Hall–Kier alpha value is -1.90. The summed E-state index contributed by atoms with van der Waals surface area (Å²) in [5.74, 6) is 0.0350. The Balaban J connectivity index is 0.00000225. The number of methoxy groups -OCH3 is 1. The minimum Gasteiger partial charge on any atom is -0.385 e. The molecule has 0 atom stereocenters. The number of aromatic nitrogens is 3. The number of fused-ring (bicyclic) bond motifs is 1. The molecule has 9 heteroatoms. The molecule has 0 aliphatic carbocycles. The van der Waals surface area contributed by atoms with Crippen molar-refractivity contribution in [2.45, 2.75) is 25.2 Å². The molecule has 0 radical (unpaired) electrons. The summed E-state index contributed by atoms with van der Waals surface area (Å²) in [5, 5.41) is 10.5. The van der Waals surface area contributed by atoms with Gasteiger partial charge in [0.2, 0.25) is 0 Å². The van der Waals surface area contributed by atoms with E-state index in [4.69, 9.17) is 4.74 Å². The zero-order chi connectivity index (χ0) is 16.9. The maximum absolute atomic E-state index is 12.3. The van der Waals surface area contributed by atoms with Crippen molar-refractivity contribution in [1.82, 2.24) is 25.2 Å². The number of amides is 1. The Morgan fingerprint density at radius 2 is 2.20 bits per heavy atom. The summed E-state index contributed by atoms with van der Waals surface area (Å²) in [6.45, 7) is 2.95. The number of piperidine rings is 1. The van der Waals surface area contributed by atoms with Crippen molar-refractivity contribution < 1.29 is 9.53 Å². The van der Waals surface area contributed by atoms with Gasteiger partial charge in [0.25, 0.3) is 11.5 Å². The molecule has 25 heavy (non-hydrogen) atoms. The Bertz CT molecular complexity index is 767. The predicted octanol–water partition coefficient (Wildman–Crippen LogP) is 0.678. The van der Waals surface area contributed by atoms with Gasteiger partial charge in [0.1, 0.15) is 11.2 Å². The van der Waals surface area contributed by atoms with E-state index >= 15 is 0 Å². The fourth-order valence-corrected chi connectivity index (χ4v) is 3.10. The molecule has 1 aliphatic heterocycles. The van der Waals surface area contributed by atoms with Crippen LogP contribution in [-0.4, -0.2) is 53.9 Å². The Kier molecular flexibility index (Phi) is 6.98. The molecule has 0 spiro atoms. The average Bonchev–Trinajstić information content (AvgIpc) is 3.02. The lowest BCUT2D eigenvalue weighted by atomic mass is 9.94. The SMILES string of the molecule is COCCCNC(=O)c1cnn2c(C3CCNCC3)cc(=O)[nH]c12.Cl. The first-order chi connectivity index (χ1) is 11.7. The molecule has 0 saturated carbocycles. The van der Waals surface area contributed by atoms with Crippen LogP contribution in [0, 0.1) is 0 Å². The summed E-state index contributed by atoms with van der Waals surface area (Å²) in [6.07, 6.45) is 4.16. The van der Waals surface area contributed by atoms with Crippen molar-refractivity contribution in [1.29, 1.82) is 0 Å². The minimum atomic E-state index is -0.237. The van der Waals surface area contributed by atoms with E-state index in [1.165, 1.54) is 6.20 Å². The van der Waals surface area contributed by atoms with Gasteiger partial charge in [-0.3, -0.25) is 9.59 Å². The number of carbonyl (C=O) groups is 1. The summed E-state index contributed by atoms with van der Waals surface area (Å²) in [7, 11) is 1.63. The zero-order valence-corrected chi connectivity index (χ0v) is 15.0. The second-order valence-corrected chi connectivity index (χ2v) is 6.00. The average molecular weight is 370 g/mol. The lowest BCUT2D eigenvalue weighted by Gasteiger charge is -2.23. The number of carbonyl (C=O) groups excluding carboxylic acids is 1. The highest BCUT2D eigenvalue weighted by Crippen LogP contribution is 2.24. The second-order valence-electron chi connectivity index (χ2n) is 6.00. The van der Waals surface area contributed by atoms with Crippen LogP contribution in [0.4, 0.5) is 0 Å². The smallest absolute Gasteiger partial charge is 0.256 e. The number of hydrogen-bond acceptors (Lipinski definition) is 5. The van der Waals surface area contributed by atoms with E-state index in [1.807, 2.05) is 0 Å². The zero-order valence-electron chi connectivity index (χ0n) is 14.2. The Morgan fingerprint density at radius 3 is 2.92 bits per heavy atom. The molecule has 1 fully saturated rings. The van der Waals surface area contributed by atoms with E-state index in [-0.39, 0.29) is 29.8 Å². The van der Waals surface area contributed by atoms with E-state index in [2.05, 4.69) is 20.7 Å². The lowest BCUT2D eigenvalue weighted by molar-refractivity contribution is 0.0950. The maximum Gasteiger partial charge on any atom is 0.256 e. The number of nitrogens with zero attached hydrogens (tertiary/aromatic N) is 2. The van der Waals surface area contributed by atoms with E-state index in [0.29, 0.717) is 24.4 Å². The van der Waals surface area contributed by atoms with Crippen LogP contribution in [0.2, 0.25) is 0 Å². The number of H-pyrrole nitrogens is 1. The summed E-state index contributed by atoms with van der Waals surface area (Å²) < 4.78 is 6.66. The van der Waals surface area contributed by atoms with E-state index < -0.39 is 0 Å². The van der Waals surface area contributed by atoms with Gasteiger partial charge in [-0.05, 0) is 32.4 Å². The number of aromatic amines is 1. The molecule has 3 heterocycles. The van der Waals surface area contributed by atoms with Crippen LogP contribution in [0.25, 0.3) is 5.65 Å². The summed E-state index contributed by atoms with van der Waals surface area (Å²) in [5.41, 5.74) is 1.51. The first kappa shape index (κ1) is 19.4. The first-order valence-corrected chi connectivity index (χ1v) is 8.29. The second kappa shape index (κ2) is 8.98. The predicted molar refractivity (Wildman–Crippen MR) is 96.7 cm³/mol. The van der Waals surface area contributed by atoms with Crippen molar-refractivity contribution in [2.75, 3.05) is 33.4 Å². The molecular weight excluding hydrogens is 346 g/mol. The molecule has 1 saturated heterocycles. The van der Waals surface area contributed by atoms with E-state index in [9.17, 15) is 9.59 Å². The van der Waals surface area contributed by atoms with E-state index in [0.717, 1.165) is 38.0 Å². The Morgan fingerprint density at radius 1 is 1.44 bits per heavy atom. The number of halogens is 1. The third-order valence-corrected chi connectivity index (χ3v) is 4.35. The quantitative estimate of drug-likeness (QED) is 0.650. The van der Waals surface area contributed by atoms with Crippen LogP contribution < -0.4 is 16.2 Å². The van der Waals surface area contributed by atoms with Gasteiger partial charge in [0.05, 0.1) is 11.9 Å². The van der Waals surface area contributed by atoms with Crippen molar-refractivity contribution in [3.8, 4) is 0 Å². The van der Waals surface area contributed by atoms with Crippen LogP contribution in [0.15, 0.2) is 17.1 Å². The van der Waals surface area contributed by atoms with Gasteiger partial charge in [-0.25, -0.2) is 4.52 Å². The van der Waals surface area contributed by atoms with Crippen molar-refractivity contribution in [3.05, 3.63) is 33.9 Å². The molecule has 3 N–H and O–H groups in total. The van der Waals surface area contributed by atoms with Crippen molar-refractivity contribution in [3.63, 3.8) is 0 Å². The molecule has 2 aromatic heterocycles. The van der Waals surface area contributed by atoms with Crippen LogP contribution in [0.3, 0.4) is 0 Å². The summed E-state index contributed by atoms with van der Waals surface area (Å²) >= 11 is 0. The van der Waals surface area contributed by atoms with Gasteiger partial charge in [-0.1, -0.05) is 0 Å². The standard InChI is InChI=1S/C16H23N5O3.ClH/c1-24-8-2-5-18-16(23)12-10-19-21-13(9-14(22)20-15(12)21)11-3-6-17-7-4-11;/h9-11,17H,2-8H2,1H3,(H,18,23)(H,20,22);1H. The number of nitrogens with one attached hydrogen (secondary N) is 3. The van der Waals surface area contributed by atoms with Crippen molar-refractivity contribution in [2.24, 2.45) is 0 Å². The maximum atomic E-state index is 12.3. The molecule has 2 aromatic rings. The molecule has 0 bridgehead atoms. The molecule has 8 nitrogen and oxygen atoms in total. The number of hydrogen-bond donors (Lipinski definition) is 3. The van der Waals surface area contributed by atoms with Crippen LogP contribution in [-0.2, 0) is 4.74 Å². The van der Waals surface area contributed by atoms with Gasteiger partial charge in [0, 0.05) is 32.2 Å². The topological polar surface area (TPSA) is 101 Å². The molecule has 1 aliphatic rings. The third kappa shape index (κ3) is 4.39. The minimum absolute atomic E-state index is 0. The van der Waals surface area contributed by atoms with E-state index in [1.54, 1.807) is 17.7 Å². The highest BCUT2D eigenvalue weighted by molar-refractivity contribution is 5.99. The molecule has 138 valence electrons. The highest BCUT2D eigenvalue weighted by atomic mass is 35.5. The molecule has 0 aromatic carbocycles. The molecule has 3 rings (SSSR count). The third-order valence-electron chi connectivity index (χ3n) is 4.35. The fraction of sp³-hybridized carbons (Fsp3) is 0.562.